The largest absolute Gasteiger partial charge is 0.476 e. The number of hydrogen-bond donors (Lipinski definition) is 2. The number of carbonyl (C=O) groups is 1. The van der Waals surface area contributed by atoms with Crippen LogP contribution in [0.3, 0.4) is 0 Å². The maximum atomic E-state index is 12.8. The summed E-state index contributed by atoms with van der Waals surface area (Å²) in [5, 5.41) is 12.2. The average Bonchev–Trinajstić information content (AvgIpc) is 3.50. The Hall–Kier alpha value is -1.97. The van der Waals surface area contributed by atoms with Crippen molar-refractivity contribution < 1.29 is 28.5 Å². The molecule has 1 saturated heterocycles. The molecule has 1 aromatic heterocycles. The molecule has 1 aromatic rings. The second kappa shape index (κ2) is 11.1. The molecule has 174 valence electrons. The SMILES string of the molecule is COC1CN(c2ccc(C(=O)N[C@H](COCCF)C(C)C)nc2OC[C@H]2C[C@@H]2CO)C1. The Bertz CT molecular complexity index is 729. The second-order valence-corrected chi connectivity index (χ2v) is 8.62. The van der Waals surface area contributed by atoms with E-state index in [9.17, 15) is 14.3 Å². The van der Waals surface area contributed by atoms with Crippen molar-refractivity contribution in [2.75, 3.05) is 58.2 Å². The van der Waals surface area contributed by atoms with Crippen LogP contribution in [0.1, 0.15) is 30.8 Å². The number of nitrogens with one attached hydrogen (secondary N) is 1. The monoisotopic (exact) mass is 439 g/mol. The van der Waals surface area contributed by atoms with E-state index in [1.807, 2.05) is 19.9 Å². The molecule has 1 aliphatic carbocycles. The standard InChI is InChI=1S/C22H34FN3O5/c1-14(2)19(13-30-7-6-23)24-21(28)18-4-5-20(26-9-17(10-26)29-3)22(25-18)31-12-16-8-15(16)11-27/h4-5,14-17,19,27H,6-13H2,1-3H3,(H,24,28)/t15-,16-,19-/m1/s1. The summed E-state index contributed by atoms with van der Waals surface area (Å²) in [4.78, 5) is 19.4. The lowest BCUT2D eigenvalue weighted by atomic mass is 10.1. The predicted octanol–water partition coefficient (Wildman–Crippen LogP) is 1.66. The Balaban J connectivity index is 1.69. The zero-order valence-electron chi connectivity index (χ0n) is 18.6. The molecule has 0 aromatic carbocycles. The van der Waals surface area contributed by atoms with Crippen molar-refractivity contribution in [1.82, 2.24) is 10.3 Å². The van der Waals surface area contributed by atoms with Crippen LogP contribution >= 0.6 is 0 Å². The molecule has 1 amide bonds. The number of ether oxygens (including phenoxy) is 3. The van der Waals surface area contributed by atoms with E-state index in [4.69, 9.17) is 14.2 Å². The lowest BCUT2D eigenvalue weighted by Gasteiger charge is -2.40. The minimum Gasteiger partial charge on any atom is -0.476 e. The van der Waals surface area contributed by atoms with E-state index in [2.05, 4.69) is 15.2 Å². The van der Waals surface area contributed by atoms with Crippen molar-refractivity contribution in [3.05, 3.63) is 17.8 Å². The molecule has 0 unspecified atom stereocenters. The Morgan fingerprint density at radius 1 is 1.35 bits per heavy atom. The molecule has 0 spiro atoms. The first-order valence-electron chi connectivity index (χ1n) is 10.9. The van der Waals surface area contributed by atoms with Gasteiger partial charge in [0, 0.05) is 26.8 Å². The summed E-state index contributed by atoms with van der Waals surface area (Å²) in [5.74, 6) is 0.819. The van der Waals surface area contributed by atoms with Crippen molar-refractivity contribution in [2.45, 2.75) is 32.4 Å². The van der Waals surface area contributed by atoms with Gasteiger partial charge in [0.25, 0.3) is 5.91 Å². The molecule has 1 aliphatic heterocycles. The summed E-state index contributed by atoms with van der Waals surface area (Å²) < 4.78 is 28.9. The van der Waals surface area contributed by atoms with E-state index in [0.29, 0.717) is 18.4 Å². The van der Waals surface area contributed by atoms with Gasteiger partial charge in [0.15, 0.2) is 0 Å². The van der Waals surface area contributed by atoms with Crippen LogP contribution in [0, 0.1) is 17.8 Å². The topological polar surface area (TPSA) is 93.2 Å². The van der Waals surface area contributed by atoms with Gasteiger partial charge in [-0.05, 0) is 36.3 Å². The maximum absolute atomic E-state index is 12.8. The van der Waals surface area contributed by atoms with Gasteiger partial charge in [-0.2, -0.15) is 0 Å². The van der Waals surface area contributed by atoms with Crippen molar-refractivity contribution in [2.24, 2.45) is 17.8 Å². The third-order valence-electron chi connectivity index (χ3n) is 5.97. The molecule has 2 fully saturated rings. The smallest absolute Gasteiger partial charge is 0.270 e. The molecule has 2 aliphatic rings. The minimum absolute atomic E-state index is 0.0122. The summed E-state index contributed by atoms with van der Waals surface area (Å²) in [6.45, 7) is 5.75. The number of amides is 1. The van der Waals surface area contributed by atoms with Gasteiger partial charge in [-0.1, -0.05) is 13.8 Å². The Labute approximate surface area is 183 Å². The first kappa shape index (κ1) is 23.7. The molecule has 1 saturated carbocycles. The third kappa shape index (κ3) is 6.27. The average molecular weight is 440 g/mol. The fourth-order valence-corrected chi connectivity index (χ4v) is 3.52. The van der Waals surface area contributed by atoms with Gasteiger partial charge in [0.2, 0.25) is 5.88 Å². The van der Waals surface area contributed by atoms with E-state index in [1.165, 1.54) is 0 Å². The van der Waals surface area contributed by atoms with E-state index in [0.717, 1.165) is 25.2 Å². The van der Waals surface area contributed by atoms with Crippen LogP contribution in [-0.2, 0) is 9.47 Å². The highest BCUT2D eigenvalue weighted by Gasteiger charge is 2.37. The lowest BCUT2D eigenvalue weighted by molar-refractivity contribution is 0.0729. The number of methoxy groups -OCH3 is 1. The number of halogens is 1. The van der Waals surface area contributed by atoms with Crippen molar-refractivity contribution in [3.8, 4) is 5.88 Å². The van der Waals surface area contributed by atoms with Crippen LogP contribution < -0.4 is 15.0 Å². The number of anilines is 1. The van der Waals surface area contributed by atoms with Crippen LogP contribution in [-0.4, -0.2) is 81.4 Å². The summed E-state index contributed by atoms with van der Waals surface area (Å²) >= 11 is 0. The zero-order chi connectivity index (χ0) is 22.4. The van der Waals surface area contributed by atoms with Crippen LogP contribution in [0.4, 0.5) is 10.1 Å². The van der Waals surface area contributed by atoms with E-state index >= 15 is 0 Å². The summed E-state index contributed by atoms with van der Waals surface area (Å²) in [5.41, 5.74) is 1.09. The van der Waals surface area contributed by atoms with Crippen LogP contribution in [0.5, 0.6) is 5.88 Å². The number of hydrogen-bond acceptors (Lipinski definition) is 7. The van der Waals surface area contributed by atoms with Crippen LogP contribution in [0.2, 0.25) is 0 Å². The van der Waals surface area contributed by atoms with Gasteiger partial charge in [-0.15, -0.1) is 0 Å². The molecule has 31 heavy (non-hydrogen) atoms. The van der Waals surface area contributed by atoms with Gasteiger partial charge in [0.1, 0.15) is 18.1 Å². The van der Waals surface area contributed by atoms with Crippen molar-refractivity contribution in [1.29, 1.82) is 0 Å². The van der Waals surface area contributed by atoms with Gasteiger partial charge >= 0.3 is 0 Å². The summed E-state index contributed by atoms with van der Waals surface area (Å²) in [6, 6.07) is 3.29. The molecule has 0 bridgehead atoms. The Morgan fingerprint density at radius 2 is 2.13 bits per heavy atom. The molecule has 3 rings (SSSR count). The second-order valence-electron chi connectivity index (χ2n) is 8.62. The van der Waals surface area contributed by atoms with Crippen LogP contribution in [0.25, 0.3) is 0 Å². The van der Waals surface area contributed by atoms with E-state index < -0.39 is 6.67 Å². The molecule has 9 heteroatoms. The van der Waals surface area contributed by atoms with Crippen molar-refractivity contribution >= 4 is 11.6 Å². The number of nitrogens with zero attached hydrogens (tertiary/aromatic N) is 2. The molecule has 3 atom stereocenters. The number of pyridine rings is 1. The molecule has 2 N–H and O–H groups in total. The van der Waals surface area contributed by atoms with Gasteiger partial charge in [-0.3, -0.25) is 4.79 Å². The number of carbonyl (C=O) groups excluding carboxylic acids is 1. The zero-order valence-corrected chi connectivity index (χ0v) is 18.6. The van der Waals surface area contributed by atoms with E-state index in [1.54, 1.807) is 13.2 Å². The fraction of sp³-hybridized carbons (Fsp3) is 0.727. The predicted molar refractivity (Wildman–Crippen MR) is 114 cm³/mol. The number of rotatable bonds is 13. The highest BCUT2D eigenvalue weighted by atomic mass is 19.1. The van der Waals surface area contributed by atoms with Crippen molar-refractivity contribution in [3.63, 3.8) is 0 Å². The number of aliphatic hydroxyl groups is 1. The highest BCUT2D eigenvalue weighted by molar-refractivity contribution is 5.93. The fourth-order valence-electron chi connectivity index (χ4n) is 3.52. The normalized spacial score (nSPS) is 21.7. The molecular weight excluding hydrogens is 405 g/mol. The first-order chi connectivity index (χ1) is 15.0. The summed E-state index contributed by atoms with van der Waals surface area (Å²) in [7, 11) is 1.69. The maximum Gasteiger partial charge on any atom is 0.270 e. The minimum atomic E-state index is -0.555. The number of aromatic nitrogens is 1. The summed E-state index contributed by atoms with van der Waals surface area (Å²) in [6.07, 6.45) is 1.12. The van der Waals surface area contributed by atoms with E-state index in [-0.39, 0.29) is 55.4 Å². The molecule has 2 heterocycles. The van der Waals surface area contributed by atoms with Gasteiger partial charge in [-0.25, -0.2) is 9.37 Å². The molecule has 8 nitrogen and oxygen atoms in total. The Morgan fingerprint density at radius 3 is 2.74 bits per heavy atom. The Kier molecular flexibility index (Phi) is 8.45. The van der Waals surface area contributed by atoms with Crippen LogP contribution in [0.15, 0.2) is 12.1 Å². The third-order valence-corrected chi connectivity index (χ3v) is 5.97. The highest BCUT2D eigenvalue weighted by Crippen LogP contribution is 2.39. The number of alkyl halides is 1. The number of aliphatic hydroxyl groups excluding tert-OH is 1. The van der Waals surface area contributed by atoms with Gasteiger partial charge in [0.05, 0.1) is 32.0 Å². The quantitative estimate of drug-likeness (QED) is 0.452. The lowest BCUT2D eigenvalue weighted by Crippen LogP contribution is -2.52. The van der Waals surface area contributed by atoms with Gasteiger partial charge < -0.3 is 29.5 Å². The molecular formula is C22H34FN3O5. The molecule has 0 radical (unpaired) electrons. The first-order valence-corrected chi connectivity index (χ1v) is 10.9.